The van der Waals surface area contributed by atoms with Crippen LogP contribution in [0, 0.1) is 11.3 Å². The van der Waals surface area contributed by atoms with Crippen LogP contribution in [0.5, 0.6) is 0 Å². The Morgan fingerprint density at radius 1 is 1.59 bits per heavy atom. The zero-order valence-corrected chi connectivity index (χ0v) is 10.3. The van der Waals surface area contributed by atoms with Crippen molar-refractivity contribution in [3.63, 3.8) is 0 Å². The molecule has 0 bridgehead atoms. The summed E-state index contributed by atoms with van der Waals surface area (Å²) in [4.78, 5) is 10.8. The summed E-state index contributed by atoms with van der Waals surface area (Å²) in [5.41, 5.74) is 5.94. The molecule has 0 aliphatic heterocycles. The smallest absolute Gasteiger partial charge is 0.226 e. The Hall–Kier alpha value is -1.65. The van der Waals surface area contributed by atoms with Crippen molar-refractivity contribution in [2.75, 3.05) is 11.4 Å². The van der Waals surface area contributed by atoms with Gasteiger partial charge in [-0.05, 0) is 38.7 Å². The lowest BCUT2D eigenvalue weighted by Crippen LogP contribution is -2.34. The third-order valence-electron chi connectivity index (χ3n) is 2.95. The van der Waals surface area contributed by atoms with Crippen LogP contribution in [0.3, 0.4) is 0 Å². The molecule has 1 fully saturated rings. The number of hydrogen-bond donors (Lipinski definition) is 2. The van der Waals surface area contributed by atoms with Crippen LogP contribution in [-0.4, -0.2) is 28.4 Å². The maximum Gasteiger partial charge on any atom is 0.226 e. The largest absolute Gasteiger partial charge is 0.382 e. The molecule has 1 aliphatic rings. The minimum absolute atomic E-state index is 0.0104. The number of nitrogens with zero attached hydrogens (tertiary/aromatic N) is 3. The number of rotatable bonds is 5. The topological polar surface area (TPSA) is 78.9 Å². The van der Waals surface area contributed by atoms with Crippen LogP contribution in [0.1, 0.15) is 32.4 Å². The van der Waals surface area contributed by atoms with Crippen molar-refractivity contribution in [2.24, 2.45) is 11.7 Å². The van der Waals surface area contributed by atoms with Gasteiger partial charge in [0, 0.05) is 18.8 Å². The second-order valence-corrected chi connectivity index (χ2v) is 4.85. The van der Waals surface area contributed by atoms with Crippen LogP contribution >= 0.6 is 0 Å². The molecule has 0 aromatic carbocycles. The van der Waals surface area contributed by atoms with Crippen LogP contribution < -0.4 is 10.6 Å². The quantitative estimate of drug-likeness (QED) is 0.595. The maximum atomic E-state index is 7.40. The van der Waals surface area contributed by atoms with Gasteiger partial charge in [0.25, 0.3) is 0 Å². The summed E-state index contributed by atoms with van der Waals surface area (Å²) in [5, 5.41) is 7.40. The van der Waals surface area contributed by atoms with Gasteiger partial charge in [0.15, 0.2) is 0 Å². The van der Waals surface area contributed by atoms with Crippen LogP contribution in [0.2, 0.25) is 0 Å². The predicted molar refractivity (Wildman–Crippen MR) is 68.3 cm³/mol. The summed E-state index contributed by atoms with van der Waals surface area (Å²) in [6, 6.07) is 2.03. The third kappa shape index (κ3) is 2.93. The number of nitrogens with one attached hydrogen (secondary N) is 1. The fourth-order valence-corrected chi connectivity index (χ4v) is 1.74. The van der Waals surface area contributed by atoms with Gasteiger partial charge in [-0.1, -0.05) is 0 Å². The lowest BCUT2D eigenvalue weighted by atomic mass is 10.3. The van der Waals surface area contributed by atoms with Gasteiger partial charge in [0.1, 0.15) is 11.5 Å². The average molecular weight is 233 g/mol. The first kappa shape index (κ1) is 11.8. The highest BCUT2D eigenvalue weighted by Gasteiger charge is 2.26. The Morgan fingerprint density at radius 2 is 2.29 bits per heavy atom. The molecule has 0 spiro atoms. The third-order valence-corrected chi connectivity index (χ3v) is 2.95. The maximum absolute atomic E-state index is 7.40. The fraction of sp³-hybridized carbons (Fsp3) is 0.583. The number of nitrogen functional groups attached to an aromatic ring is 1. The number of hydrogen-bond acceptors (Lipinski definition) is 4. The van der Waals surface area contributed by atoms with Crippen LogP contribution in [-0.2, 0) is 0 Å². The highest BCUT2D eigenvalue weighted by molar-refractivity contribution is 5.93. The molecule has 1 aromatic heterocycles. The van der Waals surface area contributed by atoms with Crippen molar-refractivity contribution in [2.45, 2.75) is 32.7 Å². The van der Waals surface area contributed by atoms with E-state index < -0.39 is 0 Å². The van der Waals surface area contributed by atoms with Crippen LogP contribution in [0.25, 0.3) is 0 Å². The number of anilines is 1. The van der Waals surface area contributed by atoms with Gasteiger partial charge in [-0.2, -0.15) is 0 Å². The minimum atomic E-state index is -0.0104. The van der Waals surface area contributed by atoms with E-state index in [1.54, 1.807) is 12.3 Å². The molecule has 5 heteroatoms. The van der Waals surface area contributed by atoms with E-state index in [2.05, 4.69) is 28.7 Å². The molecular weight excluding hydrogens is 214 g/mol. The molecule has 1 aliphatic carbocycles. The molecule has 0 amide bonds. The van der Waals surface area contributed by atoms with Gasteiger partial charge < -0.3 is 10.6 Å². The van der Waals surface area contributed by atoms with E-state index in [1.807, 2.05) is 0 Å². The summed E-state index contributed by atoms with van der Waals surface area (Å²) >= 11 is 0. The first-order chi connectivity index (χ1) is 8.08. The minimum Gasteiger partial charge on any atom is -0.382 e. The van der Waals surface area contributed by atoms with E-state index in [0.29, 0.717) is 17.7 Å². The van der Waals surface area contributed by atoms with Gasteiger partial charge in [-0.25, -0.2) is 9.97 Å². The Balaban J connectivity index is 2.21. The summed E-state index contributed by atoms with van der Waals surface area (Å²) in [7, 11) is 0. The van der Waals surface area contributed by atoms with E-state index in [9.17, 15) is 0 Å². The van der Waals surface area contributed by atoms with Crippen molar-refractivity contribution in [3.8, 4) is 0 Å². The monoisotopic (exact) mass is 233 g/mol. The highest BCUT2D eigenvalue weighted by Crippen LogP contribution is 2.31. The zero-order valence-electron chi connectivity index (χ0n) is 10.3. The molecule has 1 heterocycles. The van der Waals surface area contributed by atoms with E-state index in [0.717, 1.165) is 12.5 Å². The predicted octanol–water partition coefficient (Wildman–Crippen LogP) is 1.39. The lowest BCUT2D eigenvalue weighted by Gasteiger charge is -2.26. The Kier molecular flexibility index (Phi) is 3.26. The van der Waals surface area contributed by atoms with Gasteiger partial charge in [-0.3, -0.25) is 5.41 Å². The highest BCUT2D eigenvalue weighted by atomic mass is 15.3. The molecule has 0 atom stereocenters. The van der Waals surface area contributed by atoms with Gasteiger partial charge in [0.2, 0.25) is 5.95 Å². The van der Waals surface area contributed by atoms with Gasteiger partial charge >= 0.3 is 0 Å². The Morgan fingerprint density at radius 3 is 2.82 bits per heavy atom. The van der Waals surface area contributed by atoms with Crippen molar-refractivity contribution >= 4 is 11.8 Å². The van der Waals surface area contributed by atoms with Crippen molar-refractivity contribution < 1.29 is 0 Å². The normalized spacial score (nSPS) is 15.0. The first-order valence-corrected chi connectivity index (χ1v) is 6.02. The van der Waals surface area contributed by atoms with Crippen LogP contribution in [0.4, 0.5) is 5.95 Å². The van der Waals surface area contributed by atoms with Crippen molar-refractivity contribution in [1.82, 2.24) is 9.97 Å². The zero-order chi connectivity index (χ0) is 12.4. The lowest BCUT2D eigenvalue weighted by molar-refractivity contribution is 0.627. The fourth-order valence-electron chi connectivity index (χ4n) is 1.74. The van der Waals surface area contributed by atoms with Crippen molar-refractivity contribution in [3.05, 3.63) is 18.0 Å². The molecule has 92 valence electrons. The summed E-state index contributed by atoms with van der Waals surface area (Å²) in [5.74, 6) is 1.45. The molecule has 3 N–H and O–H groups in total. The van der Waals surface area contributed by atoms with E-state index in [4.69, 9.17) is 11.1 Å². The summed E-state index contributed by atoms with van der Waals surface area (Å²) in [6.07, 6.45) is 4.27. The SMILES string of the molecule is CC(C)N(CC1CC1)c1nccc(C(=N)N)n1. The molecule has 1 saturated carbocycles. The molecule has 0 saturated heterocycles. The van der Waals surface area contributed by atoms with Crippen LogP contribution in [0.15, 0.2) is 12.3 Å². The number of nitrogens with two attached hydrogens (primary N) is 1. The standard InChI is InChI=1S/C12H19N5/c1-8(2)17(7-9-3-4-9)12-15-6-5-10(16-12)11(13)14/h5-6,8-9H,3-4,7H2,1-2H3,(H3,13,14). The summed E-state index contributed by atoms with van der Waals surface area (Å²) in [6.45, 7) is 5.26. The second-order valence-electron chi connectivity index (χ2n) is 4.85. The van der Waals surface area contributed by atoms with E-state index in [1.165, 1.54) is 12.8 Å². The van der Waals surface area contributed by atoms with Crippen molar-refractivity contribution in [1.29, 1.82) is 5.41 Å². The molecule has 1 aromatic rings. The average Bonchev–Trinajstić information content (AvgIpc) is 3.09. The molecule has 17 heavy (non-hydrogen) atoms. The van der Waals surface area contributed by atoms with Gasteiger partial charge in [0.05, 0.1) is 0 Å². The van der Waals surface area contributed by atoms with E-state index in [-0.39, 0.29) is 5.84 Å². The van der Waals surface area contributed by atoms with Gasteiger partial charge in [-0.15, -0.1) is 0 Å². The Labute approximate surface area is 102 Å². The number of amidine groups is 1. The molecular formula is C12H19N5. The molecule has 0 radical (unpaired) electrons. The Bertz CT molecular complexity index is 411. The molecule has 5 nitrogen and oxygen atoms in total. The molecule has 0 unspecified atom stereocenters. The molecule has 2 rings (SSSR count). The second kappa shape index (κ2) is 4.69. The van der Waals surface area contributed by atoms with E-state index >= 15 is 0 Å². The summed E-state index contributed by atoms with van der Waals surface area (Å²) < 4.78 is 0. The number of aromatic nitrogens is 2. The first-order valence-electron chi connectivity index (χ1n) is 6.02.